The van der Waals surface area contributed by atoms with Crippen LogP contribution in [0.25, 0.3) is 10.9 Å². The molecule has 0 unspecified atom stereocenters. The average molecular weight is 571 g/mol. The minimum Gasteiger partial charge on any atom is -0.415 e. The summed E-state index contributed by atoms with van der Waals surface area (Å²) >= 11 is 0. The molecule has 0 fully saturated rings. The second-order valence-corrected chi connectivity index (χ2v) is 9.37. The van der Waals surface area contributed by atoms with Crippen LogP contribution >= 0.6 is 0 Å². The van der Waals surface area contributed by atoms with E-state index in [1.807, 2.05) is 91.0 Å². The van der Waals surface area contributed by atoms with E-state index >= 15 is 0 Å². The molecule has 0 amide bonds. The third kappa shape index (κ3) is 4.13. The first kappa shape index (κ1) is 26.9. The Kier molecular flexibility index (Phi) is 6.78. The standard InChI is InChI=1S/C33H19F5N2O2/c34-25-26(35)28(37)31(29(38)27(25)36)42-32(41)30-23-18-10-11-19-24(23)40(39-30)33(20-12-4-1-5-13-20,21-14-6-2-7-15-21)22-16-8-3-9-17-22/h1-19H. The van der Waals surface area contributed by atoms with Crippen molar-refractivity contribution in [1.29, 1.82) is 0 Å². The summed E-state index contributed by atoms with van der Waals surface area (Å²) in [5, 5.41) is 4.88. The molecule has 42 heavy (non-hydrogen) atoms. The Labute approximate surface area is 236 Å². The number of hydrogen-bond donors (Lipinski definition) is 0. The Balaban J connectivity index is 1.64. The minimum atomic E-state index is -2.36. The molecule has 0 atom stereocenters. The predicted molar refractivity (Wildman–Crippen MR) is 146 cm³/mol. The molecule has 0 aliphatic carbocycles. The first-order chi connectivity index (χ1) is 20.4. The number of carbonyl (C=O) groups excluding carboxylic acids is 1. The maximum atomic E-state index is 14.4. The van der Waals surface area contributed by atoms with Gasteiger partial charge in [0, 0.05) is 5.39 Å². The number of halogens is 5. The zero-order valence-electron chi connectivity index (χ0n) is 21.6. The highest BCUT2D eigenvalue weighted by Crippen LogP contribution is 2.43. The maximum Gasteiger partial charge on any atom is 0.365 e. The van der Waals surface area contributed by atoms with Crippen LogP contribution in [0.1, 0.15) is 27.2 Å². The van der Waals surface area contributed by atoms with E-state index in [2.05, 4.69) is 5.10 Å². The molecular formula is C33H19F5N2O2. The van der Waals surface area contributed by atoms with Crippen molar-refractivity contribution in [2.75, 3.05) is 0 Å². The molecule has 9 heteroatoms. The van der Waals surface area contributed by atoms with Crippen molar-refractivity contribution < 1.29 is 31.5 Å². The normalized spacial score (nSPS) is 11.5. The zero-order valence-corrected chi connectivity index (χ0v) is 21.6. The van der Waals surface area contributed by atoms with E-state index in [9.17, 15) is 26.7 Å². The van der Waals surface area contributed by atoms with Crippen molar-refractivity contribution in [2.45, 2.75) is 5.54 Å². The van der Waals surface area contributed by atoms with Gasteiger partial charge in [0.15, 0.2) is 5.69 Å². The third-order valence-corrected chi connectivity index (χ3v) is 7.04. The molecular weight excluding hydrogens is 551 g/mol. The summed E-state index contributed by atoms with van der Waals surface area (Å²) in [6.07, 6.45) is 0. The number of nitrogens with zero attached hydrogens (tertiary/aromatic N) is 2. The van der Waals surface area contributed by atoms with Crippen LogP contribution in [0.5, 0.6) is 5.75 Å². The highest BCUT2D eigenvalue weighted by atomic mass is 19.2. The lowest BCUT2D eigenvalue weighted by molar-refractivity contribution is 0.0710. The number of fused-ring (bicyclic) bond motifs is 1. The molecule has 0 bridgehead atoms. The monoisotopic (exact) mass is 570 g/mol. The van der Waals surface area contributed by atoms with Crippen LogP contribution in [0.3, 0.4) is 0 Å². The van der Waals surface area contributed by atoms with Gasteiger partial charge in [-0.1, -0.05) is 109 Å². The molecule has 5 aromatic carbocycles. The van der Waals surface area contributed by atoms with Crippen molar-refractivity contribution in [3.63, 3.8) is 0 Å². The van der Waals surface area contributed by atoms with Crippen LogP contribution in [-0.4, -0.2) is 15.7 Å². The number of esters is 1. The van der Waals surface area contributed by atoms with E-state index in [-0.39, 0.29) is 11.1 Å². The second-order valence-electron chi connectivity index (χ2n) is 9.37. The van der Waals surface area contributed by atoms with Crippen molar-refractivity contribution in [1.82, 2.24) is 9.78 Å². The summed E-state index contributed by atoms with van der Waals surface area (Å²) in [6.45, 7) is 0. The molecule has 0 radical (unpaired) electrons. The van der Waals surface area contributed by atoms with Gasteiger partial charge in [-0.05, 0) is 22.8 Å². The lowest BCUT2D eigenvalue weighted by atomic mass is 9.77. The van der Waals surface area contributed by atoms with Gasteiger partial charge in [-0.25, -0.2) is 22.6 Å². The number of aromatic nitrogens is 2. The fourth-order valence-corrected chi connectivity index (χ4v) is 5.19. The molecule has 0 aliphatic rings. The van der Waals surface area contributed by atoms with E-state index in [1.54, 1.807) is 28.9 Å². The lowest BCUT2D eigenvalue weighted by Crippen LogP contribution is -2.38. The third-order valence-electron chi connectivity index (χ3n) is 7.04. The molecule has 0 aliphatic heterocycles. The topological polar surface area (TPSA) is 44.1 Å². The van der Waals surface area contributed by atoms with Crippen molar-refractivity contribution in [3.8, 4) is 5.75 Å². The molecule has 0 saturated carbocycles. The van der Waals surface area contributed by atoms with Crippen LogP contribution in [0.15, 0.2) is 115 Å². The Morgan fingerprint density at radius 1 is 0.571 bits per heavy atom. The summed E-state index contributed by atoms with van der Waals surface area (Å²) in [5.74, 6) is -14.5. The van der Waals surface area contributed by atoms with Crippen molar-refractivity contribution >= 4 is 16.9 Å². The number of benzene rings is 5. The van der Waals surface area contributed by atoms with E-state index in [0.29, 0.717) is 5.52 Å². The molecule has 4 nitrogen and oxygen atoms in total. The van der Waals surface area contributed by atoms with Crippen LogP contribution in [0.4, 0.5) is 22.0 Å². The summed E-state index contributed by atoms with van der Waals surface area (Å²) in [4.78, 5) is 13.4. The molecule has 0 spiro atoms. The van der Waals surface area contributed by atoms with Gasteiger partial charge in [-0.15, -0.1) is 0 Å². The number of hydrogen-bond acceptors (Lipinski definition) is 3. The van der Waals surface area contributed by atoms with E-state index in [4.69, 9.17) is 4.74 Å². The van der Waals surface area contributed by atoms with Gasteiger partial charge in [0.1, 0.15) is 5.54 Å². The van der Waals surface area contributed by atoms with Crippen molar-refractivity contribution in [2.24, 2.45) is 0 Å². The first-order valence-electron chi connectivity index (χ1n) is 12.7. The SMILES string of the molecule is O=C(Oc1c(F)c(F)c(F)c(F)c1F)c1nn(C(c2ccccc2)(c2ccccc2)c2ccccc2)c2ccccc12. The summed E-state index contributed by atoms with van der Waals surface area (Å²) in [6, 6.07) is 34.8. The lowest BCUT2D eigenvalue weighted by Gasteiger charge is -2.37. The number of rotatable bonds is 6. The molecule has 1 aromatic heterocycles. The second kappa shape index (κ2) is 10.6. The quantitative estimate of drug-likeness (QED) is 0.0513. The van der Waals surface area contributed by atoms with Gasteiger partial charge in [-0.2, -0.15) is 13.9 Å². The van der Waals surface area contributed by atoms with Gasteiger partial charge < -0.3 is 4.74 Å². The fraction of sp³-hybridized carbons (Fsp3) is 0.0303. The van der Waals surface area contributed by atoms with Gasteiger partial charge in [0.05, 0.1) is 5.52 Å². The highest BCUT2D eigenvalue weighted by Gasteiger charge is 2.41. The predicted octanol–water partition coefficient (Wildman–Crippen LogP) is 7.79. The van der Waals surface area contributed by atoms with E-state index in [1.165, 1.54) is 0 Å². The number of carbonyl (C=O) groups is 1. The van der Waals surface area contributed by atoms with Crippen LogP contribution in [0, 0.1) is 29.1 Å². The first-order valence-corrected chi connectivity index (χ1v) is 12.7. The van der Waals surface area contributed by atoms with Gasteiger partial charge in [0.25, 0.3) is 0 Å². The van der Waals surface area contributed by atoms with Gasteiger partial charge >= 0.3 is 5.97 Å². The van der Waals surface area contributed by atoms with Gasteiger partial charge in [-0.3, -0.25) is 0 Å². The zero-order chi connectivity index (χ0) is 29.4. The molecule has 0 saturated heterocycles. The fourth-order valence-electron chi connectivity index (χ4n) is 5.19. The Morgan fingerprint density at radius 2 is 0.976 bits per heavy atom. The Bertz CT molecular complexity index is 1800. The molecule has 208 valence electrons. The summed E-state index contributed by atoms with van der Waals surface area (Å²) in [7, 11) is 0. The minimum absolute atomic E-state index is 0.235. The highest BCUT2D eigenvalue weighted by molar-refractivity contribution is 6.03. The maximum absolute atomic E-state index is 14.4. The smallest absolute Gasteiger partial charge is 0.365 e. The number of ether oxygens (including phenoxy) is 1. The van der Waals surface area contributed by atoms with Crippen LogP contribution in [-0.2, 0) is 5.54 Å². The van der Waals surface area contributed by atoms with Crippen molar-refractivity contribution in [3.05, 3.63) is 167 Å². The van der Waals surface area contributed by atoms with E-state index in [0.717, 1.165) is 16.7 Å². The largest absolute Gasteiger partial charge is 0.415 e. The van der Waals surface area contributed by atoms with Gasteiger partial charge in [0.2, 0.25) is 34.8 Å². The molecule has 6 rings (SSSR count). The summed E-state index contributed by atoms with van der Waals surface area (Å²) in [5.41, 5.74) is 1.20. The Hall–Kier alpha value is -5.31. The molecule has 6 aromatic rings. The number of para-hydroxylation sites is 1. The van der Waals surface area contributed by atoms with Crippen LogP contribution in [0.2, 0.25) is 0 Å². The van der Waals surface area contributed by atoms with E-state index < -0.39 is 46.3 Å². The summed E-state index contributed by atoms with van der Waals surface area (Å²) < 4.78 is 76.6. The Morgan fingerprint density at radius 3 is 1.45 bits per heavy atom. The molecule has 0 N–H and O–H groups in total. The van der Waals surface area contributed by atoms with Crippen LogP contribution < -0.4 is 4.74 Å². The average Bonchev–Trinajstić information content (AvgIpc) is 3.43. The molecule has 1 heterocycles.